The van der Waals surface area contributed by atoms with E-state index in [2.05, 4.69) is 31.9 Å². The van der Waals surface area contributed by atoms with E-state index in [0.29, 0.717) is 10.6 Å². The lowest BCUT2D eigenvalue weighted by Crippen LogP contribution is -2.33. The Morgan fingerprint density at radius 2 is 1.79 bits per heavy atom. The predicted molar refractivity (Wildman–Crippen MR) is 130 cm³/mol. The lowest BCUT2D eigenvalue weighted by atomic mass is 10.1. The van der Waals surface area contributed by atoms with Gasteiger partial charge in [-0.15, -0.1) is 0 Å². The Balaban J connectivity index is 1.47. The first-order valence-electron chi connectivity index (χ1n) is 10.4. The SMILES string of the molecule is Cc1ccc(Sc2ncccc2C(=O)NCC(=O)Nc2cccc3c(=O)[nH][nH]c(=O)c23)c(C)c1. The van der Waals surface area contributed by atoms with E-state index < -0.39 is 22.9 Å². The minimum Gasteiger partial charge on any atom is -0.343 e. The number of amides is 2. The number of pyridine rings is 1. The number of benzene rings is 2. The minimum absolute atomic E-state index is 0.0605. The smallest absolute Gasteiger partial charge is 0.272 e. The number of aromatic amines is 2. The van der Waals surface area contributed by atoms with Crippen LogP contribution in [0.2, 0.25) is 0 Å². The number of hydrogen-bond acceptors (Lipinski definition) is 6. The zero-order valence-electron chi connectivity index (χ0n) is 18.4. The maximum absolute atomic E-state index is 12.8. The first-order valence-corrected chi connectivity index (χ1v) is 11.2. The fourth-order valence-electron chi connectivity index (χ4n) is 3.45. The van der Waals surface area contributed by atoms with Crippen LogP contribution in [0, 0.1) is 13.8 Å². The third-order valence-electron chi connectivity index (χ3n) is 5.06. The van der Waals surface area contributed by atoms with Gasteiger partial charge in [0.1, 0.15) is 5.03 Å². The van der Waals surface area contributed by atoms with Crippen LogP contribution >= 0.6 is 11.8 Å². The number of aryl methyl sites for hydroxylation is 2. The molecule has 2 heterocycles. The summed E-state index contributed by atoms with van der Waals surface area (Å²) in [4.78, 5) is 54.7. The highest BCUT2D eigenvalue weighted by atomic mass is 32.2. The number of rotatable bonds is 6. The van der Waals surface area contributed by atoms with Crippen molar-refractivity contribution >= 4 is 40.0 Å². The van der Waals surface area contributed by atoms with Crippen molar-refractivity contribution in [3.8, 4) is 0 Å². The Hall–Kier alpha value is -4.18. The Bertz CT molecular complexity index is 1530. The topological polar surface area (TPSA) is 137 Å². The van der Waals surface area contributed by atoms with Crippen LogP contribution in [0.3, 0.4) is 0 Å². The van der Waals surface area contributed by atoms with Gasteiger partial charge >= 0.3 is 0 Å². The monoisotopic (exact) mass is 475 g/mol. The van der Waals surface area contributed by atoms with Gasteiger partial charge < -0.3 is 10.6 Å². The Kier molecular flexibility index (Phi) is 6.60. The number of nitrogens with one attached hydrogen (secondary N) is 4. The molecule has 0 radical (unpaired) electrons. The molecule has 10 heteroatoms. The molecule has 4 aromatic rings. The summed E-state index contributed by atoms with van der Waals surface area (Å²) in [5.41, 5.74) is 1.71. The van der Waals surface area contributed by atoms with Crippen LogP contribution in [0.4, 0.5) is 5.69 Å². The van der Waals surface area contributed by atoms with Gasteiger partial charge in [0.05, 0.1) is 28.6 Å². The summed E-state index contributed by atoms with van der Waals surface area (Å²) in [6, 6.07) is 13.9. The summed E-state index contributed by atoms with van der Waals surface area (Å²) >= 11 is 1.38. The van der Waals surface area contributed by atoms with E-state index in [4.69, 9.17) is 0 Å². The van der Waals surface area contributed by atoms with Crippen molar-refractivity contribution in [2.24, 2.45) is 0 Å². The van der Waals surface area contributed by atoms with Gasteiger partial charge in [0.25, 0.3) is 17.0 Å². The minimum atomic E-state index is -0.548. The van der Waals surface area contributed by atoms with Gasteiger partial charge in [0.2, 0.25) is 5.91 Å². The van der Waals surface area contributed by atoms with Crippen molar-refractivity contribution < 1.29 is 9.59 Å². The first-order chi connectivity index (χ1) is 16.3. The number of hydrogen-bond donors (Lipinski definition) is 4. The quantitative estimate of drug-likeness (QED) is 0.338. The summed E-state index contributed by atoms with van der Waals surface area (Å²) in [6.45, 7) is 3.67. The molecule has 0 fully saturated rings. The van der Waals surface area contributed by atoms with Crippen LogP contribution < -0.4 is 21.8 Å². The highest BCUT2D eigenvalue weighted by Crippen LogP contribution is 2.31. The van der Waals surface area contributed by atoms with Gasteiger partial charge in [-0.2, -0.15) is 0 Å². The number of aromatic nitrogens is 3. The second-order valence-corrected chi connectivity index (χ2v) is 8.63. The normalized spacial score (nSPS) is 10.8. The highest BCUT2D eigenvalue weighted by Gasteiger charge is 2.16. The van der Waals surface area contributed by atoms with Gasteiger partial charge in [0.15, 0.2) is 0 Å². The van der Waals surface area contributed by atoms with Crippen LogP contribution in [0.15, 0.2) is 74.2 Å². The summed E-state index contributed by atoms with van der Waals surface area (Å²) in [7, 11) is 0. The number of anilines is 1. The largest absolute Gasteiger partial charge is 0.343 e. The zero-order chi connectivity index (χ0) is 24.2. The number of carbonyl (C=O) groups is 2. The number of H-pyrrole nitrogens is 2. The average molecular weight is 476 g/mol. The van der Waals surface area contributed by atoms with Crippen molar-refractivity contribution in [1.29, 1.82) is 0 Å². The summed E-state index contributed by atoms with van der Waals surface area (Å²) in [6.07, 6.45) is 1.61. The average Bonchev–Trinajstić information content (AvgIpc) is 2.82. The molecule has 172 valence electrons. The molecular weight excluding hydrogens is 454 g/mol. The molecule has 4 N–H and O–H groups in total. The van der Waals surface area contributed by atoms with Crippen LogP contribution in [0.25, 0.3) is 10.8 Å². The molecule has 0 atom stereocenters. The van der Waals surface area contributed by atoms with E-state index >= 15 is 0 Å². The molecule has 2 amide bonds. The Labute approximate surface area is 198 Å². The van der Waals surface area contributed by atoms with Gasteiger partial charge in [-0.05, 0) is 49.7 Å². The molecule has 4 rings (SSSR count). The molecule has 0 aliphatic rings. The van der Waals surface area contributed by atoms with Crippen molar-refractivity contribution in [2.45, 2.75) is 23.8 Å². The molecule has 0 spiro atoms. The second-order valence-electron chi connectivity index (χ2n) is 7.59. The highest BCUT2D eigenvalue weighted by molar-refractivity contribution is 7.99. The lowest BCUT2D eigenvalue weighted by Gasteiger charge is -2.11. The molecule has 2 aromatic heterocycles. The molecule has 0 bridgehead atoms. The van der Waals surface area contributed by atoms with Crippen molar-refractivity contribution in [3.63, 3.8) is 0 Å². The fraction of sp³-hybridized carbons (Fsp3) is 0.125. The number of nitrogens with zero attached hydrogens (tertiary/aromatic N) is 1. The summed E-state index contributed by atoms with van der Waals surface area (Å²) in [5, 5.41) is 10.4. The van der Waals surface area contributed by atoms with E-state index in [0.717, 1.165) is 16.0 Å². The second kappa shape index (κ2) is 9.75. The third-order valence-corrected chi connectivity index (χ3v) is 6.26. The van der Waals surface area contributed by atoms with Crippen LogP contribution in [-0.2, 0) is 4.79 Å². The lowest BCUT2D eigenvalue weighted by molar-refractivity contribution is -0.115. The standard InChI is InChI=1S/C24H21N5O4S/c1-13-8-9-18(14(2)11-13)34-24-16(6-4-10-25-24)21(31)26-12-19(30)27-17-7-3-5-15-20(17)23(33)29-28-22(15)32/h3-11H,12H2,1-2H3,(H,26,31)(H,27,30)(H,28,32)(H,29,33). The number of fused-ring (bicyclic) bond motifs is 1. The van der Waals surface area contributed by atoms with Crippen LogP contribution in [-0.4, -0.2) is 33.5 Å². The van der Waals surface area contributed by atoms with E-state index in [-0.39, 0.29) is 23.0 Å². The molecule has 0 unspecified atom stereocenters. The molecule has 0 aliphatic carbocycles. The maximum atomic E-state index is 12.8. The zero-order valence-corrected chi connectivity index (χ0v) is 19.2. The third kappa shape index (κ3) is 4.91. The molecule has 34 heavy (non-hydrogen) atoms. The van der Waals surface area contributed by atoms with Gasteiger partial charge in [-0.1, -0.05) is 35.5 Å². The van der Waals surface area contributed by atoms with E-state index in [1.54, 1.807) is 24.4 Å². The van der Waals surface area contributed by atoms with Crippen LogP contribution in [0.5, 0.6) is 0 Å². The van der Waals surface area contributed by atoms with Gasteiger partial charge in [-0.25, -0.2) is 4.98 Å². The first kappa shape index (κ1) is 23.0. The summed E-state index contributed by atoms with van der Waals surface area (Å²) < 4.78 is 0. The van der Waals surface area contributed by atoms with Gasteiger partial charge in [-0.3, -0.25) is 29.4 Å². The van der Waals surface area contributed by atoms with Crippen molar-refractivity contribution in [2.75, 3.05) is 11.9 Å². The van der Waals surface area contributed by atoms with Crippen molar-refractivity contribution in [1.82, 2.24) is 20.5 Å². The summed E-state index contributed by atoms with van der Waals surface area (Å²) in [5.74, 6) is -1.00. The molecular formula is C24H21N5O4S. The Morgan fingerprint density at radius 1 is 1.00 bits per heavy atom. The maximum Gasteiger partial charge on any atom is 0.272 e. The van der Waals surface area contributed by atoms with E-state index in [9.17, 15) is 19.2 Å². The van der Waals surface area contributed by atoms with Crippen molar-refractivity contribution in [3.05, 3.63) is 92.1 Å². The van der Waals surface area contributed by atoms with Gasteiger partial charge in [0, 0.05) is 11.1 Å². The molecule has 0 saturated heterocycles. The van der Waals surface area contributed by atoms with Crippen LogP contribution in [0.1, 0.15) is 21.5 Å². The molecule has 0 saturated carbocycles. The molecule has 0 aliphatic heterocycles. The molecule has 2 aromatic carbocycles. The predicted octanol–water partition coefficient (Wildman–Crippen LogP) is 2.75. The van der Waals surface area contributed by atoms with E-state index in [1.165, 1.54) is 23.9 Å². The number of carbonyl (C=O) groups excluding carboxylic acids is 2. The van der Waals surface area contributed by atoms with E-state index in [1.807, 2.05) is 26.0 Å². The fourth-order valence-corrected chi connectivity index (χ4v) is 4.40. The Morgan fingerprint density at radius 3 is 2.59 bits per heavy atom. The molecule has 9 nitrogen and oxygen atoms in total.